The highest BCUT2D eigenvalue weighted by Gasteiger charge is 2.35. The van der Waals surface area contributed by atoms with Crippen molar-refractivity contribution in [3.63, 3.8) is 0 Å². The SMILES string of the molecule is CC1=NN(c2nc(N)nc(/C=C\c3ccc([N+](=O)[O-])s3)n2)C(C)(C)C1. The summed E-state index contributed by atoms with van der Waals surface area (Å²) in [6.07, 6.45) is 4.17. The number of hydrogen-bond acceptors (Lipinski definition) is 9. The summed E-state index contributed by atoms with van der Waals surface area (Å²) in [5.41, 5.74) is 6.55. The molecule has 2 aromatic heterocycles. The maximum Gasteiger partial charge on any atom is 0.324 e. The Hall–Kier alpha value is -2.88. The van der Waals surface area contributed by atoms with Crippen LogP contribution in [0.4, 0.5) is 16.9 Å². The van der Waals surface area contributed by atoms with Gasteiger partial charge >= 0.3 is 5.00 Å². The third-order valence-electron chi connectivity index (χ3n) is 3.57. The Morgan fingerprint density at radius 3 is 2.68 bits per heavy atom. The molecule has 0 aromatic carbocycles. The zero-order chi connectivity index (χ0) is 18.2. The Morgan fingerprint density at radius 2 is 2.08 bits per heavy atom. The van der Waals surface area contributed by atoms with Crippen LogP contribution in [-0.2, 0) is 0 Å². The van der Waals surface area contributed by atoms with E-state index in [1.165, 1.54) is 6.07 Å². The molecule has 3 heterocycles. The van der Waals surface area contributed by atoms with Gasteiger partial charge in [-0.05, 0) is 39.0 Å². The Morgan fingerprint density at radius 1 is 1.32 bits per heavy atom. The fourth-order valence-corrected chi connectivity index (χ4v) is 3.34. The second-order valence-electron chi connectivity index (χ2n) is 6.25. The van der Waals surface area contributed by atoms with Crippen LogP contribution in [0, 0.1) is 10.1 Å². The molecule has 3 rings (SSSR count). The molecule has 1 aliphatic rings. The molecular weight excluding hydrogens is 342 g/mol. The van der Waals surface area contributed by atoms with Crippen LogP contribution in [0.15, 0.2) is 17.2 Å². The van der Waals surface area contributed by atoms with Crippen LogP contribution in [0.1, 0.15) is 37.9 Å². The number of rotatable bonds is 4. The monoisotopic (exact) mass is 359 g/mol. The summed E-state index contributed by atoms with van der Waals surface area (Å²) in [5, 5.41) is 17.0. The minimum atomic E-state index is -0.420. The molecule has 25 heavy (non-hydrogen) atoms. The van der Waals surface area contributed by atoms with Crippen molar-refractivity contribution in [3.8, 4) is 0 Å². The van der Waals surface area contributed by atoms with Crippen LogP contribution in [0.2, 0.25) is 0 Å². The summed E-state index contributed by atoms with van der Waals surface area (Å²) in [7, 11) is 0. The van der Waals surface area contributed by atoms with Gasteiger partial charge in [-0.25, -0.2) is 5.01 Å². The summed E-state index contributed by atoms with van der Waals surface area (Å²) in [5.74, 6) is 0.845. The van der Waals surface area contributed by atoms with Crippen molar-refractivity contribution in [1.29, 1.82) is 0 Å². The number of nitrogen functional groups attached to an aromatic ring is 1. The summed E-state index contributed by atoms with van der Waals surface area (Å²) < 4.78 is 0. The van der Waals surface area contributed by atoms with Crippen molar-refractivity contribution in [1.82, 2.24) is 15.0 Å². The number of anilines is 2. The second-order valence-corrected chi connectivity index (χ2v) is 7.35. The van der Waals surface area contributed by atoms with Gasteiger partial charge in [0.05, 0.1) is 10.5 Å². The van der Waals surface area contributed by atoms with Crippen LogP contribution in [0.5, 0.6) is 0 Å². The van der Waals surface area contributed by atoms with Crippen molar-refractivity contribution in [2.45, 2.75) is 32.7 Å². The lowest BCUT2D eigenvalue weighted by molar-refractivity contribution is -0.380. The first kappa shape index (κ1) is 17.0. The predicted octanol–water partition coefficient (Wildman–Crippen LogP) is 2.96. The molecule has 0 unspecified atom stereocenters. The Labute approximate surface area is 148 Å². The summed E-state index contributed by atoms with van der Waals surface area (Å²) in [6, 6.07) is 3.13. The van der Waals surface area contributed by atoms with Crippen LogP contribution in [0.3, 0.4) is 0 Å². The smallest absolute Gasteiger partial charge is 0.324 e. The number of thiophene rings is 1. The quantitative estimate of drug-likeness (QED) is 0.657. The number of nitro groups is 1. The van der Waals surface area contributed by atoms with E-state index < -0.39 is 4.92 Å². The molecule has 0 aliphatic carbocycles. The van der Waals surface area contributed by atoms with E-state index in [0.29, 0.717) is 11.8 Å². The molecule has 0 radical (unpaired) electrons. The molecular formula is C15H17N7O2S. The van der Waals surface area contributed by atoms with E-state index in [-0.39, 0.29) is 16.5 Å². The largest absolute Gasteiger partial charge is 0.368 e. The molecule has 0 bridgehead atoms. The Balaban J connectivity index is 1.89. The van der Waals surface area contributed by atoms with Gasteiger partial charge in [0.1, 0.15) is 0 Å². The molecule has 1 aliphatic heterocycles. The molecule has 2 N–H and O–H groups in total. The number of aromatic nitrogens is 3. The van der Waals surface area contributed by atoms with Gasteiger partial charge in [-0.1, -0.05) is 11.3 Å². The second kappa shape index (κ2) is 6.20. The van der Waals surface area contributed by atoms with Crippen LogP contribution in [-0.4, -0.2) is 31.1 Å². The minimum Gasteiger partial charge on any atom is -0.368 e. The third kappa shape index (κ3) is 3.63. The number of nitrogens with zero attached hydrogens (tertiary/aromatic N) is 6. The number of hydrogen-bond donors (Lipinski definition) is 1. The predicted molar refractivity (Wildman–Crippen MR) is 98.4 cm³/mol. The first-order valence-electron chi connectivity index (χ1n) is 7.53. The summed E-state index contributed by atoms with van der Waals surface area (Å²) in [4.78, 5) is 23.7. The van der Waals surface area contributed by atoms with Crippen LogP contribution < -0.4 is 10.7 Å². The number of hydrazone groups is 1. The lowest BCUT2D eigenvalue weighted by Gasteiger charge is -2.28. The van der Waals surface area contributed by atoms with Gasteiger partial charge < -0.3 is 5.73 Å². The van der Waals surface area contributed by atoms with Gasteiger partial charge in [-0.2, -0.15) is 20.1 Å². The third-order valence-corrected chi connectivity index (χ3v) is 4.57. The Kier molecular flexibility index (Phi) is 4.21. The fourth-order valence-electron chi connectivity index (χ4n) is 2.61. The molecule has 0 saturated heterocycles. The minimum absolute atomic E-state index is 0.0825. The van der Waals surface area contributed by atoms with E-state index >= 15 is 0 Å². The molecule has 9 nitrogen and oxygen atoms in total. The van der Waals surface area contributed by atoms with Gasteiger partial charge in [0.15, 0.2) is 5.82 Å². The van der Waals surface area contributed by atoms with E-state index in [1.807, 2.05) is 20.8 Å². The number of nitrogens with two attached hydrogens (primary N) is 1. The van der Waals surface area contributed by atoms with E-state index in [9.17, 15) is 10.1 Å². The molecule has 130 valence electrons. The molecule has 0 spiro atoms. The van der Waals surface area contributed by atoms with E-state index in [0.717, 1.165) is 28.3 Å². The zero-order valence-electron chi connectivity index (χ0n) is 14.0. The average Bonchev–Trinajstić information content (AvgIpc) is 3.08. The lowest BCUT2D eigenvalue weighted by Crippen LogP contribution is -2.37. The molecule has 0 atom stereocenters. The average molecular weight is 359 g/mol. The van der Waals surface area contributed by atoms with Crippen molar-refractivity contribution >= 4 is 46.1 Å². The zero-order valence-corrected chi connectivity index (χ0v) is 14.8. The first-order chi connectivity index (χ1) is 11.7. The van der Waals surface area contributed by atoms with Gasteiger partial charge in [0.2, 0.25) is 5.95 Å². The maximum absolute atomic E-state index is 10.7. The Bertz CT molecular complexity index is 888. The van der Waals surface area contributed by atoms with Gasteiger partial charge in [-0.3, -0.25) is 10.1 Å². The summed E-state index contributed by atoms with van der Waals surface area (Å²) >= 11 is 1.07. The standard InChI is InChI=1S/C15H17N7O2S/c1-9-8-15(2,3)21(20-9)14-18-11(17-13(16)19-14)6-4-10-5-7-12(25-10)22(23)24/h4-7H,8H2,1-3H3,(H2,16,17,18,19)/b6-4-. The van der Waals surface area contributed by atoms with Gasteiger partial charge in [0.25, 0.3) is 5.95 Å². The van der Waals surface area contributed by atoms with Crippen molar-refractivity contribution < 1.29 is 4.92 Å². The molecule has 0 fully saturated rings. The topological polar surface area (TPSA) is 123 Å². The first-order valence-corrected chi connectivity index (χ1v) is 8.34. The van der Waals surface area contributed by atoms with E-state index in [1.54, 1.807) is 23.2 Å². The molecule has 10 heteroatoms. The van der Waals surface area contributed by atoms with Crippen LogP contribution in [0.25, 0.3) is 12.2 Å². The lowest BCUT2D eigenvalue weighted by atomic mass is 9.99. The maximum atomic E-state index is 10.7. The van der Waals surface area contributed by atoms with E-state index in [2.05, 4.69) is 20.1 Å². The van der Waals surface area contributed by atoms with Crippen LogP contribution >= 0.6 is 11.3 Å². The van der Waals surface area contributed by atoms with Gasteiger partial charge in [0, 0.05) is 23.1 Å². The molecule has 2 aromatic rings. The van der Waals surface area contributed by atoms with E-state index in [4.69, 9.17) is 5.73 Å². The fraction of sp³-hybridized carbons (Fsp3) is 0.333. The molecule has 0 amide bonds. The molecule has 0 saturated carbocycles. The van der Waals surface area contributed by atoms with Crippen molar-refractivity contribution in [3.05, 3.63) is 32.9 Å². The highest BCUT2D eigenvalue weighted by molar-refractivity contribution is 7.16. The van der Waals surface area contributed by atoms with Crippen molar-refractivity contribution in [2.75, 3.05) is 10.7 Å². The highest BCUT2D eigenvalue weighted by atomic mass is 32.1. The van der Waals surface area contributed by atoms with Gasteiger partial charge in [-0.15, -0.1) is 0 Å². The summed E-state index contributed by atoms with van der Waals surface area (Å²) in [6.45, 7) is 6.05. The normalized spacial score (nSPS) is 16.4. The van der Waals surface area contributed by atoms with Crippen molar-refractivity contribution in [2.24, 2.45) is 5.10 Å². The highest BCUT2D eigenvalue weighted by Crippen LogP contribution is 2.30.